The lowest BCUT2D eigenvalue weighted by atomic mass is 9.97. The molecule has 0 aromatic heterocycles. The summed E-state index contributed by atoms with van der Waals surface area (Å²) in [5.74, 6) is -0.793. The highest BCUT2D eigenvalue weighted by Crippen LogP contribution is 2.23. The summed E-state index contributed by atoms with van der Waals surface area (Å²) < 4.78 is 26.9. The Morgan fingerprint density at radius 2 is 2.05 bits per heavy atom. The fraction of sp³-hybridized carbons (Fsp3) is 0.625. The summed E-state index contributed by atoms with van der Waals surface area (Å²) in [6.07, 6.45) is 5.01. The van der Waals surface area contributed by atoms with Gasteiger partial charge in [-0.25, -0.2) is 8.78 Å². The molecular formula is C16H22F2N2. The molecule has 2 fully saturated rings. The number of piperidine rings is 1. The van der Waals surface area contributed by atoms with Gasteiger partial charge in [-0.2, -0.15) is 0 Å². The first-order valence-electron chi connectivity index (χ1n) is 7.61. The SMILES string of the molecule is Fc1cccc(CN2CCCC(CNC3CC3)C2)c1F. The van der Waals surface area contributed by atoms with Gasteiger partial charge in [-0.05, 0) is 50.8 Å². The Bertz CT molecular complexity index is 460. The Hall–Kier alpha value is -1.00. The highest BCUT2D eigenvalue weighted by Gasteiger charge is 2.25. The third-order valence-corrected chi connectivity index (χ3v) is 4.30. The average Bonchev–Trinajstić information content (AvgIpc) is 3.26. The van der Waals surface area contributed by atoms with E-state index in [2.05, 4.69) is 10.2 Å². The molecule has 1 aliphatic heterocycles. The maximum absolute atomic E-state index is 13.7. The second-order valence-corrected chi connectivity index (χ2v) is 6.14. The molecule has 1 N–H and O–H groups in total. The van der Waals surface area contributed by atoms with E-state index in [-0.39, 0.29) is 0 Å². The Kier molecular flexibility index (Phi) is 4.32. The standard InChI is InChI=1S/C16H22F2N2/c17-15-5-1-4-13(16(15)18)11-20-8-2-3-12(10-20)9-19-14-6-7-14/h1,4-5,12,14,19H,2-3,6-11H2. The first-order chi connectivity index (χ1) is 9.72. The fourth-order valence-corrected chi connectivity index (χ4v) is 2.99. The zero-order valence-electron chi connectivity index (χ0n) is 11.7. The van der Waals surface area contributed by atoms with E-state index in [1.165, 1.54) is 25.3 Å². The molecular weight excluding hydrogens is 258 g/mol. The molecule has 1 unspecified atom stereocenters. The molecule has 3 rings (SSSR count). The molecule has 0 bridgehead atoms. The van der Waals surface area contributed by atoms with Gasteiger partial charge in [0.2, 0.25) is 0 Å². The summed E-state index contributed by atoms with van der Waals surface area (Å²) in [5, 5.41) is 3.57. The first-order valence-corrected chi connectivity index (χ1v) is 7.61. The molecule has 2 aliphatic rings. The molecule has 1 saturated carbocycles. The predicted molar refractivity (Wildman–Crippen MR) is 75.4 cm³/mol. The molecule has 1 aromatic carbocycles. The summed E-state index contributed by atoms with van der Waals surface area (Å²) in [6, 6.07) is 5.19. The van der Waals surface area contributed by atoms with Crippen molar-refractivity contribution >= 4 is 0 Å². The van der Waals surface area contributed by atoms with Crippen molar-refractivity contribution in [2.45, 2.75) is 38.3 Å². The van der Waals surface area contributed by atoms with Gasteiger partial charge >= 0.3 is 0 Å². The molecule has 4 heteroatoms. The van der Waals surface area contributed by atoms with Gasteiger partial charge in [-0.3, -0.25) is 4.90 Å². The Labute approximate surface area is 119 Å². The largest absolute Gasteiger partial charge is 0.314 e. The molecule has 2 nitrogen and oxygen atoms in total. The van der Waals surface area contributed by atoms with E-state index < -0.39 is 11.6 Å². The van der Waals surface area contributed by atoms with Crippen LogP contribution in [0.3, 0.4) is 0 Å². The van der Waals surface area contributed by atoms with Crippen LogP contribution < -0.4 is 5.32 Å². The summed E-state index contributed by atoms with van der Waals surface area (Å²) >= 11 is 0. The Morgan fingerprint density at radius 3 is 2.85 bits per heavy atom. The van der Waals surface area contributed by atoms with Crippen LogP contribution in [0.2, 0.25) is 0 Å². The first kappa shape index (κ1) is 14.0. The fourth-order valence-electron chi connectivity index (χ4n) is 2.99. The smallest absolute Gasteiger partial charge is 0.163 e. The zero-order valence-corrected chi connectivity index (χ0v) is 11.7. The zero-order chi connectivity index (χ0) is 13.9. The number of hydrogen-bond acceptors (Lipinski definition) is 2. The highest BCUT2D eigenvalue weighted by atomic mass is 19.2. The topological polar surface area (TPSA) is 15.3 Å². The van der Waals surface area contributed by atoms with Gasteiger partial charge in [0.05, 0.1) is 0 Å². The van der Waals surface area contributed by atoms with Gasteiger partial charge in [0.15, 0.2) is 11.6 Å². The number of likely N-dealkylation sites (tertiary alicyclic amines) is 1. The van der Waals surface area contributed by atoms with E-state index >= 15 is 0 Å². The van der Waals surface area contributed by atoms with Crippen molar-refractivity contribution in [3.05, 3.63) is 35.4 Å². The minimum atomic E-state index is -0.744. The normalized spacial score (nSPS) is 24.0. The van der Waals surface area contributed by atoms with Crippen LogP contribution >= 0.6 is 0 Å². The van der Waals surface area contributed by atoms with Gasteiger partial charge < -0.3 is 5.32 Å². The third-order valence-electron chi connectivity index (χ3n) is 4.30. The van der Waals surface area contributed by atoms with Crippen molar-refractivity contribution in [3.63, 3.8) is 0 Å². The van der Waals surface area contributed by atoms with Gasteiger partial charge in [-0.15, -0.1) is 0 Å². The Morgan fingerprint density at radius 1 is 1.20 bits per heavy atom. The molecule has 1 heterocycles. The summed E-state index contributed by atoms with van der Waals surface area (Å²) in [4.78, 5) is 2.25. The van der Waals surface area contributed by atoms with Crippen LogP contribution in [-0.2, 0) is 6.54 Å². The van der Waals surface area contributed by atoms with E-state index in [1.807, 2.05) is 0 Å². The van der Waals surface area contributed by atoms with E-state index in [4.69, 9.17) is 0 Å². The van der Waals surface area contributed by atoms with Gasteiger partial charge in [0.25, 0.3) is 0 Å². The molecule has 110 valence electrons. The quantitative estimate of drug-likeness (QED) is 0.892. The monoisotopic (exact) mass is 280 g/mol. The van der Waals surface area contributed by atoms with Gasteiger partial charge in [0.1, 0.15) is 0 Å². The van der Waals surface area contributed by atoms with Crippen LogP contribution in [0.4, 0.5) is 8.78 Å². The number of hydrogen-bond donors (Lipinski definition) is 1. The maximum Gasteiger partial charge on any atom is 0.163 e. The lowest BCUT2D eigenvalue weighted by Gasteiger charge is -2.33. The third kappa shape index (κ3) is 3.55. The molecule has 0 amide bonds. The average molecular weight is 280 g/mol. The van der Waals surface area contributed by atoms with E-state index in [0.29, 0.717) is 18.0 Å². The molecule has 1 aliphatic carbocycles. The lowest BCUT2D eigenvalue weighted by molar-refractivity contribution is 0.163. The molecule has 1 atom stereocenters. The summed E-state index contributed by atoms with van der Waals surface area (Å²) in [5.41, 5.74) is 0.473. The van der Waals surface area contributed by atoms with Crippen molar-refractivity contribution in [1.82, 2.24) is 10.2 Å². The number of rotatable bonds is 5. The van der Waals surface area contributed by atoms with Crippen molar-refractivity contribution in [3.8, 4) is 0 Å². The van der Waals surface area contributed by atoms with E-state index in [9.17, 15) is 8.78 Å². The Balaban J connectivity index is 1.54. The number of nitrogens with one attached hydrogen (secondary N) is 1. The molecule has 20 heavy (non-hydrogen) atoms. The second kappa shape index (κ2) is 6.19. The van der Waals surface area contributed by atoms with E-state index in [0.717, 1.165) is 32.1 Å². The van der Waals surface area contributed by atoms with Gasteiger partial charge in [0, 0.05) is 24.7 Å². The molecule has 1 saturated heterocycles. The number of nitrogens with zero attached hydrogens (tertiary/aromatic N) is 1. The number of halogens is 2. The lowest BCUT2D eigenvalue weighted by Crippen LogP contribution is -2.39. The molecule has 0 radical (unpaired) electrons. The summed E-state index contributed by atoms with van der Waals surface area (Å²) in [7, 11) is 0. The summed E-state index contributed by atoms with van der Waals surface area (Å²) in [6.45, 7) is 3.54. The minimum absolute atomic E-state index is 0.473. The minimum Gasteiger partial charge on any atom is -0.314 e. The van der Waals surface area contributed by atoms with Gasteiger partial charge in [-0.1, -0.05) is 12.1 Å². The van der Waals surface area contributed by atoms with Crippen molar-refractivity contribution in [1.29, 1.82) is 0 Å². The van der Waals surface area contributed by atoms with Crippen molar-refractivity contribution in [2.75, 3.05) is 19.6 Å². The predicted octanol–water partition coefficient (Wildman–Crippen LogP) is 2.93. The number of benzene rings is 1. The van der Waals surface area contributed by atoms with Crippen LogP contribution in [0, 0.1) is 17.6 Å². The molecule has 0 spiro atoms. The van der Waals surface area contributed by atoms with E-state index in [1.54, 1.807) is 12.1 Å². The van der Waals surface area contributed by atoms with Crippen molar-refractivity contribution < 1.29 is 8.78 Å². The van der Waals surface area contributed by atoms with Crippen LogP contribution in [-0.4, -0.2) is 30.6 Å². The van der Waals surface area contributed by atoms with Crippen LogP contribution in [0.15, 0.2) is 18.2 Å². The van der Waals surface area contributed by atoms with Crippen LogP contribution in [0.1, 0.15) is 31.2 Å². The maximum atomic E-state index is 13.7. The molecule has 1 aromatic rings. The van der Waals surface area contributed by atoms with Crippen LogP contribution in [0.25, 0.3) is 0 Å². The van der Waals surface area contributed by atoms with Crippen molar-refractivity contribution in [2.24, 2.45) is 5.92 Å². The second-order valence-electron chi connectivity index (χ2n) is 6.14. The highest BCUT2D eigenvalue weighted by molar-refractivity contribution is 5.18. The van der Waals surface area contributed by atoms with Crippen LogP contribution in [0.5, 0.6) is 0 Å².